The number of nitrogens with zero attached hydrogens (tertiary/aromatic N) is 3. The van der Waals surface area contributed by atoms with Gasteiger partial charge in [-0.3, -0.25) is 4.68 Å². The number of methoxy groups -OCH3 is 1. The van der Waals surface area contributed by atoms with Crippen molar-refractivity contribution < 1.29 is 19.0 Å². The largest absolute Gasteiger partial charge is 0.497 e. The van der Waals surface area contributed by atoms with Crippen LogP contribution in [0.15, 0.2) is 24.5 Å². The van der Waals surface area contributed by atoms with Crippen LogP contribution in [0.25, 0.3) is 0 Å². The second-order valence-electron chi connectivity index (χ2n) is 4.17. The van der Waals surface area contributed by atoms with Gasteiger partial charge in [0, 0.05) is 19.3 Å². The Kier molecular flexibility index (Phi) is 4.76. The van der Waals surface area contributed by atoms with E-state index in [9.17, 15) is 4.79 Å². The molecule has 0 unspecified atom stereocenters. The summed E-state index contributed by atoms with van der Waals surface area (Å²) < 4.78 is 17.2. The summed E-state index contributed by atoms with van der Waals surface area (Å²) in [5.74, 6) is 0.642. The molecule has 2 aromatic heterocycles. The van der Waals surface area contributed by atoms with E-state index in [2.05, 4.69) is 10.1 Å². The molecular formula is C14H17N3O4. The summed E-state index contributed by atoms with van der Waals surface area (Å²) in [5, 5.41) is 4.06. The topological polar surface area (TPSA) is 75.5 Å². The quantitative estimate of drug-likeness (QED) is 0.752. The Morgan fingerprint density at radius 1 is 1.43 bits per heavy atom. The molecule has 0 saturated heterocycles. The number of pyridine rings is 1. The molecule has 21 heavy (non-hydrogen) atoms. The lowest BCUT2D eigenvalue weighted by atomic mass is 10.2. The van der Waals surface area contributed by atoms with Gasteiger partial charge >= 0.3 is 5.97 Å². The lowest BCUT2D eigenvalue weighted by Crippen LogP contribution is -2.11. The highest BCUT2D eigenvalue weighted by atomic mass is 16.5. The smallest absolute Gasteiger partial charge is 0.341 e. The van der Waals surface area contributed by atoms with E-state index in [0.29, 0.717) is 29.5 Å². The summed E-state index contributed by atoms with van der Waals surface area (Å²) >= 11 is 0. The van der Waals surface area contributed by atoms with Crippen molar-refractivity contribution in [3.63, 3.8) is 0 Å². The van der Waals surface area contributed by atoms with Gasteiger partial charge in [0.25, 0.3) is 0 Å². The molecule has 2 heterocycles. The van der Waals surface area contributed by atoms with Crippen molar-refractivity contribution >= 4 is 5.97 Å². The molecule has 0 aliphatic rings. The maximum absolute atomic E-state index is 11.8. The fourth-order valence-corrected chi connectivity index (χ4v) is 1.75. The summed E-state index contributed by atoms with van der Waals surface area (Å²) in [4.78, 5) is 15.9. The predicted octanol–water partition coefficient (Wildman–Crippen LogP) is 1.58. The van der Waals surface area contributed by atoms with Crippen LogP contribution < -0.4 is 9.47 Å². The lowest BCUT2D eigenvalue weighted by Gasteiger charge is -2.08. The van der Waals surface area contributed by atoms with Crippen LogP contribution in [-0.2, 0) is 18.4 Å². The number of aromatic nitrogens is 3. The molecule has 2 rings (SSSR count). The van der Waals surface area contributed by atoms with Crippen LogP contribution in [-0.4, -0.2) is 34.5 Å². The molecule has 0 bridgehead atoms. The maximum Gasteiger partial charge on any atom is 0.341 e. The molecule has 7 nitrogen and oxygen atoms in total. The van der Waals surface area contributed by atoms with Gasteiger partial charge < -0.3 is 14.2 Å². The molecule has 0 saturated carbocycles. The van der Waals surface area contributed by atoms with Crippen LogP contribution in [0.2, 0.25) is 0 Å². The van der Waals surface area contributed by atoms with Crippen molar-refractivity contribution in [1.82, 2.24) is 14.8 Å². The Bertz CT molecular complexity index is 624. The van der Waals surface area contributed by atoms with Crippen LogP contribution in [0.5, 0.6) is 11.6 Å². The Labute approximate surface area is 122 Å². The molecule has 112 valence electrons. The van der Waals surface area contributed by atoms with Gasteiger partial charge in [-0.05, 0) is 13.0 Å². The second kappa shape index (κ2) is 6.74. The fraction of sp³-hybridized carbons (Fsp3) is 0.357. The third kappa shape index (κ3) is 3.50. The van der Waals surface area contributed by atoms with Crippen molar-refractivity contribution in [1.29, 1.82) is 0 Å². The molecule has 0 fully saturated rings. The molecule has 0 aliphatic heterocycles. The first-order chi connectivity index (χ1) is 10.2. The van der Waals surface area contributed by atoms with E-state index in [1.165, 1.54) is 6.20 Å². The zero-order valence-electron chi connectivity index (χ0n) is 12.2. The Balaban J connectivity index is 2.12. The average Bonchev–Trinajstić information content (AvgIpc) is 2.86. The first kappa shape index (κ1) is 14.8. The summed E-state index contributed by atoms with van der Waals surface area (Å²) in [6, 6.07) is 3.39. The highest BCUT2D eigenvalue weighted by Crippen LogP contribution is 2.18. The molecule has 0 spiro atoms. The zero-order valence-corrected chi connectivity index (χ0v) is 12.2. The number of rotatable bonds is 6. The second-order valence-corrected chi connectivity index (χ2v) is 4.17. The highest BCUT2D eigenvalue weighted by molar-refractivity contribution is 5.90. The molecule has 7 heteroatoms. The van der Waals surface area contributed by atoms with E-state index in [1.807, 2.05) is 0 Å². The Hall–Kier alpha value is -2.57. The third-order valence-corrected chi connectivity index (χ3v) is 2.86. The van der Waals surface area contributed by atoms with Crippen molar-refractivity contribution in [3.05, 3.63) is 35.8 Å². The summed E-state index contributed by atoms with van der Waals surface area (Å²) in [7, 11) is 3.31. The third-order valence-electron chi connectivity index (χ3n) is 2.86. The van der Waals surface area contributed by atoms with Crippen molar-refractivity contribution in [2.75, 3.05) is 13.7 Å². The SMILES string of the molecule is CCOC(=O)c1cnn(C)c1COc1cc(OC)ccn1. The number of carbonyl (C=O) groups excluding carboxylic acids is 1. The molecular weight excluding hydrogens is 274 g/mol. The number of ether oxygens (including phenoxy) is 3. The van der Waals surface area contributed by atoms with E-state index < -0.39 is 5.97 Å². The van der Waals surface area contributed by atoms with E-state index in [1.54, 1.807) is 44.1 Å². The Morgan fingerprint density at radius 3 is 2.95 bits per heavy atom. The van der Waals surface area contributed by atoms with E-state index >= 15 is 0 Å². The molecule has 2 aromatic rings. The molecule has 0 aromatic carbocycles. The number of esters is 1. The summed E-state index contributed by atoms with van der Waals surface area (Å²) in [5.41, 5.74) is 1.01. The van der Waals surface area contributed by atoms with Gasteiger partial charge in [0.05, 0.1) is 25.6 Å². The highest BCUT2D eigenvalue weighted by Gasteiger charge is 2.17. The van der Waals surface area contributed by atoms with Gasteiger partial charge in [0.2, 0.25) is 5.88 Å². The predicted molar refractivity (Wildman–Crippen MR) is 74.3 cm³/mol. The van der Waals surface area contributed by atoms with Gasteiger partial charge in [0.15, 0.2) is 0 Å². The first-order valence-electron chi connectivity index (χ1n) is 6.46. The molecule has 0 N–H and O–H groups in total. The zero-order chi connectivity index (χ0) is 15.2. The van der Waals surface area contributed by atoms with Crippen molar-refractivity contribution in [2.24, 2.45) is 7.05 Å². The van der Waals surface area contributed by atoms with E-state index in [0.717, 1.165) is 0 Å². The van der Waals surface area contributed by atoms with Gasteiger partial charge in [0.1, 0.15) is 17.9 Å². The lowest BCUT2D eigenvalue weighted by molar-refractivity contribution is 0.0523. The summed E-state index contributed by atoms with van der Waals surface area (Å²) in [6.45, 7) is 2.22. The minimum atomic E-state index is -0.414. The van der Waals surface area contributed by atoms with Gasteiger partial charge in [-0.1, -0.05) is 0 Å². The van der Waals surface area contributed by atoms with E-state index in [-0.39, 0.29) is 6.61 Å². The standard InChI is InChI=1S/C14H17N3O4/c1-4-20-14(18)11-8-16-17(2)12(11)9-21-13-7-10(19-3)5-6-15-13/h5-8H,4,9H2,1-3H3. The number of hydrogen-bond acceptors (Lipinski definition) is 6. The maximum atomic E-state index is 11.8. The molecule has 0 atom stereocenters. The minimum Gasteiger partial charge on any atom is -0.497 e. The molecule has 0 aliphatic carbocycles. The van der Waals surface area contributed by atoms with Crippen LogP contribution in [0, 0.1) is 0 Å². The average molecular weight is 291 g/mol. The molecule has 0 radical (unpaired) electrons. The summed E-state index contributed by atoms with van der Waals surface area (Å²) in [6.07, 6.45) is 3.05. The monoisotopic (exact) mass is 291 g/mol. The van der Waals surface area contributed by atoms with Crippen LogP contribution >= 0.6 is 0 Å². The fourth-order valence-electron chi connectivity index (χ4n) is 1.75. The van der Waals surface area contributed by atoms with Gasteiger partial charge in [-0.15, -0.1) is 0 Å². The molecule has 0 amide bonds. The van der Waals surface area contributed by atoms with Crippen molar-refractivity contribution in [3.8, 4) is 11.6 Å². The number of carbonyl (C=O) groups is 1. The van der Waals surface area contributed by atoms with Gasteiger partial charge in [-0.25, -0.2) is 9.78 Å². The van der Waals surface area contributed by atoms with Crippen molar-refractivity contribution in [2.45, 2.75) is 13.5 Å². The van der Waals surface area contributed by atoms with Gasteiger partial charge in [-0.2, -0.15) is 5.10 Å². The van der Waals surface area contributed by atoms with E-state index in [4.69, 9.17) is 14.2 Å². The Morgan fingerprint density at radius 2 is 2.24 bits per heavy atom. The van der Waals surface area contributed by atoms with Crippen LogP contribution in [0.1, 0.15) is 23.0 Å². The van der Waals surface area contributed by atoms with Crippen LogP contribution in [0.4, 0.5) is 0 Å². The number of hydrogen-bond donors (Lipinski definition) is 0. The normalized spacial score (nSPS) is 10.2. The number of aryl methyl sites for hydroxylation is 1. The van der Waals surface area contributed by atoms with Crippen LogP contribution in [0.3, 0.4) is 0 Å². The minimum absolute atomic E-state index is 0.158. The first-order valence-corrected chi connectivity index (χ1v) is 6.46.